The highest BCUT2D eigenvalue weighted by atomic mass is 16.2. The summed E-state index contributed by atoms with van der Waals surface area (Å²) < 4.78 is 0. The number of hydrogen-bond donors (Lipinski definition) is 1. The van der Waals surface area contributed by atoms with Gasteiger partial charge >= 0.3 is 0 Å². The molecule has 0 aliphatic carbocycles. The Morgan fingerprint density at radius 2 is 1.95 bits per heavy atom. The minimum atomic E-state index is -0.301. The fourth-order valence-corrected chi connectivity index (χ4v) is 2.44. The van der Waals surface area contributed by atoms with E-state index in [2.05, 4.69) is 21.5 Å². The highest BCUT2D eigenvalue weighted by Gasteiger charge is 2.24. The number of aromatic nitrogens is 2. The zero-order valence-electron chi connectivity index (χ0n) is 11.9. The second-order valence-electron chi connectivity index (χ2n) is 5.17. The third-order valence-corrected chi connectivity index (χ3v) is 3.63. The van der Waals surface area contributed by atoms with Gasteiger partial charge < -0.3 is 10.2 Å². The molecule has 2 aromatic rings. The Kier molecular flexibility index (Phi) is 3.97. The van der Waals surface area contributed by atoms with Gasteiger partial charge in [0.2, 0.25) is 5.82 Å². The summed E-state index contributed by atoms with van der Waals surface area (Å²) in [5.41, 5.74) is 1.88. The van der Waals surface area contributed by atoms with E-state index in [0.29, 0.717) is 13.1 Å². The predicted molar refractivity (Wildman–Crippen MR) is 80.5 cm³/mol. The maximum Gasteiger partial charge on any atom is 0.289 e. The molecule has 1 saturated heterocycles. The van der Waals surface area contributed by atoms with Gasteiger partial charge in [0, 0.05) is 37.1 Å². The molecule has 1 aromatic heterocycles. The number of likely N-dealkylation sites (tertiary alicyclic amines) is 1. The molecule has 1 atom stereocenters. The molecule has 2 heterocycles. The molecule has 0 unspecified atom stereocenters. The van der Waals surface area contributed by atoms with Crippen LogP contribution in [0.1, 0.15) is 17.0 Å². The minimum absolute atomic E-state index is 0.0236. The van der Waals surface area contributed by atoms with Crippen LogP contribution >= 0.6 is 0 Å². The van der Waals surface area contributed by atoms with Gasteiger partial charge in [-0.2, -0.15) is 5.26 Å². The van der Waals surface area contributed by atoms with E-state index in [-0.39, 0.29) is 17.8 Å². The normalized spacial score (nSPS) is 17.0. The van der Waals surface area contributed by atoms with Crippen LogP contribution in [0, 0.1) is 11.5 Å². The molecule has 110 valence electrons. The van der Waals surface area contributed by atoms with Gasteiger partial charge in [-0.25, -0.2) is 9.97 Å². The second-order valence-corrected chi connectivity index (χ2v) is 5.17. The molecule has 1 amide bonds. The summed E-state index contributed by atoms with van der Waals surface area (Å²) in [6, 6.07) is 9.73. The highest BCUT2D eigenvalue weighted by Crippen LogP contribution is 2.16. The number of benzene rings is 1. The summed E-state index contributed by atoms with van der Waals surface area (Å²) in [7, 11) is 0. The van der Waals surface area contributed by atoms with E-state index in [4.69, 9.17) is 5.26 Å². The largest absolute Gasteiger partial charge is 0.345 e. The van der Waals surface area contributed by atoms with Crippen molar-refractivity contribution in [2.24, 2.45) is 0 Å². The van der Waals surface area contributed by atoms with Crippen LogP contribution in [-0.4, -0.2) is 39.9 Å². The predicted octanol–water partition coefficient (Wildman–Crippen LogP) is 1.43. The maximum atomic E-state index is 12.1. The van der Waals surface area contributed by atoms with E-state index in [1.165, 1.54) is 0 Å². The minimum Gasteiger partial charge on any atom is -0.345 e. The first-order chi connectivity index (χ1) is 10.8. The third kappa shape index (κ3) is 3.04. The standard InChI is InChI=1S/C16H15N5O/c17-11-21-7-6-14(10-21)20-16(22)15-18-8-13(9-19-15)12-4-2-1-3-5-12/h1-5,8-9,14H,6-7,10H2,(H,20,22)/t14-/m1/s1. The van der Waals surface area contributed by atoms with Crippen molar-refractivity contribution in [1.29, 1.82) is 5.26 Å². The fourth-order valence-electron chi connectivity index (χ4n) is 2.44. The Hall–Kier alpha value is -2.94. The molecule has 0 bridgehead atoms. The van der Waals surface area contributed by atoms with E-state index < -0.39 is 0 Å². The molecule has 0 saturated carbocycles. The molecule has 0 radical (unpaired) electrons. The lowest BCUT2D eigenvalue weighted by molar-refractivity contribution is 0.0928. The van der Waals surface area contributed by atoms with Gasteiger partial charge in [-0.3, -0.25) is 4.79 Å². The molecule has 3 rings (SSSR count). The van der Waals surface area contributed by atoms with Crippen molar-refractivity contribution in [3.05, 3.63) is 48.5 Å². The zero-order chi connectivity index (χ0) is 15.4. The first kappa shape index (κ1) is 14.0. The maximum absolute atomic E-state index is 12.1. The molecule has 1 aliphatic rings. The van der Waals surface area contributed by atoms with Gasteiger partial charge in [0.25, 0.3) is 5.91 Å². The van der Waals surface area contributed by atoms with Crippen LogP contribution in [0.15, 0.2) is 42.7 Å². The summed E-state index contributed by atoms with van der Waals surface area (Å²) >= 11 is 0. The SMILES string of the molecule is N#CN1CC[C@@H](NC(=O)c2ncc(-c3ccccc3)cn2)C1. The number of nitrogens with one attached hydrogen (secondary N) is 1. The molecule has 1 N–H and O–H groups in total. The Morgan fingerprint density at radius 3 is 2.59 bits per heavy atom. The Morgan fingerprint density at radius 1 is 1.23 bits per heavy atom. The number of carbonyl (C=O) groups excluding carboxylic acids is 1. The average Bonchev–Trinajstić information content (AvgIpc) is 3.03. The molecule has 0 spiro atoms. The monoisotopic (exact) mass is 293 g/mol. The summed E-state index contributed by atoms with van der Waals surface area (Å²) in [5, 5.41) is 11.7. The molecule has 1 aromatic carbocycles. The summed E-state index contributed by atoms with van der Waals surface area (Å²) in [6.07, 6.45) is 6.14. The van der Waals surface area contributed by atoms with E-state index in [9.17, 15) is 4.79 Å². The fraction of sp³-hybridized carbons (Fsp3) is 0.250. The van der Waals surface area contributed by atoms with Gasteiger partial charge in [-0.1, -0.05) is 30.3 Å². The van der Waals surface area contributed by atoms with Gasteiger partial charge in [-0.05, 0) is 12.0 Å². The van der Waals surface area contributed by atoms with Crippen molar-refractivity contribution in [3.8, 4) is 17.3 Å². The van der Waals surface area contributed by atoms with E-state index in [1.807, 2.05) is 30.3 Å². The Labute approximate surface area is 128 Å². The number of hydrogen-bond acceptors (Lipinski definition) is 5. The van der Waals surface area contributed by atoms with E-state index in [1.54, 1.807) is 17.3 Å². The quantitative estimate of drug-likeness (QED) is 0.866. The molecule has 1 aliphatic heterocycles. The van der Waals surface area contributed by atoms with Gasteiger partial charge in [0.1, 0.15) is 0 Å². The van der Waals surface area contributed by atoms with Crippen molar-refractivity contribution in [2.45, 2.75) is 12.5 Å². The van der Waals surface area contributed by atoms with Crippen LogP contribution in [0.5, 0.6) is 0 Å². The van der Waals surface area contributed by atoms with Crippen LogP contribution in [0.3, 0.4) is 0 Å². The average molecular weight is 293 g/mol. The van der Waals surface area contributed by atoms with Crippen molar-refractivity contribution in [1.82, 2.24) is 20.2 Å². The first-order valence-corrected chi connectivity index (χ1v) is 7.09. The lowest BCUT2D eigenvalue weighted by atomic mass is 10.1. The number of amides is 1. The number of carbonyl (C=O) groups is 1. The summed E-state index contributed by atoms with van der Waals surface area (Å²) in [5.74, 6) is -0.153. The third-order valence-electron chi connectivity index (χ3n) is 3.63. The van der Waals surface area contributed by atoms with Crippen LogP contribution in [0.4, 0.5) is 0 Å². The topological polar surface area (TPSA) is 81.9 Å². The second kappa shape index (κ2) is 6.22. The van der Waals surface area contributed by atoms with Crippen LogP contribution < -0.4 is 5.32 Å². The number of rotatable bonds is 3. The van der Waals surface area contributed by atoms with Crippen LogP contribution in [-0.2, 0) is 0 Å². The van der Waals surface area contributed by atoms with Crippen molar-refractivity contribution < 1.29 is 4.79 Å². The van der Waals surface area contributed by atoms with E-state index >= 15 is 0 Å². The molecule has 22 heavy (non-hydrogen) atoms. The molecular weight excluding hydrogens is 278 g/mol. The summed E-state index contributed by atoms with van der Waals surface area (Å²) in [6.45, 7) is 1.22. The van der Waals surface area contributed by atoms with Crippen molar-refractivity contribution >= 4 is 5.91 Å². The van der Waals surface area contributed by atoms with Gasteiger partial charge in [0.15, 0.2) is 6.19 Å². The van der Waals surface area contributed by atoms with Crippen molar-refractivity contribution in [3.63, 3.8) is 0 Å². The van der Waals surface area contributed by atoms with Crippen molar-refractivity contribution in [2.75, 3.05) is 13.1 Å². The Bertz CT molecular complexity index is 693. The van der Waals surface area contributed by atoms with E-state index in [0.717, 1.165) is 17.5 Å². The molecule has 6 nitrogen and oxygen atoms in total. The summed E-state index contributed by atoms with van der Waals surface area (Å²) in [4.78, 5) is 22.0. The first-order valence-electron chi connectivity index (χ1n) is 7.09. The number of nitriles is 1. The zero-order valence-corrected chi connectivity index (χ0v) is 11.9. The molecule has 6 heteroatoms. The molecule has 1 fully saturated rings. The Balaban J connectivity index is 1.66. The highest BCUT2D eigenvalue weighted by molar-refractivity contribution is 5.90. The molecular formula is C16H15N5O. The van der Waals surface area contributed by atoms with Crippen LogP contribution in [0.25, 0.3) is 11.1 Å². The van der Waals surface area contributed by atoms with Crippen LogP contribution in [0.2, 0.25) is 0 Å². The number of nitrogens with zero attached hydrogens (tertiary/aromatic N) is 4. The smallest absolute Gasteiger partial charge is 0.289 e. The van der Waals surface area contributed by atoms with Gasteiger partial charge in [-0.15, -0.1) is 0 Å². The van der Waals surface area contributed by atoms with Gasteiger partial charge in [0.05, 0.1) is 0 Å². The lowest BCUT2D eigenvalue weighted by Gasteiger charge is -2.11. The lowest BCUT2D eigenvalue weighted by Crippen LogP contribution is -2.37.